The van der Waals surface area contributed by atoms with E-state index in [-0.39, 0.29) is 22.7 Å². The lowest BCUT2D eigenvalue weighted by Crippen LogP contribution is -2.04. The quantitative estimate of drug-likeness (QED) is 0.565. The summed E-state index contributed by atoms with van der Waals surface area (Å²) in [4.78, 5) is 21.7. The van der Waals surface area contributed by atoms with Gasteiger partial charge < -0.3 is 4.74 Å². The third-order valence-corrected chi connectivity index (χ3v) is 1.91. The highest BCUT2D eigenvalue weighted by molar-refractivity contribution is 6.01. The second-order valence-corrected chi connectivity index (χ2v) is 2.97. The highest BCUT2D eigenvalue weighted by Crippen LogP contribution is 2.21. The molecule has 0 N–H and O–H groups in total. The van der Waals surface area contributed by atoms with E-state index in [4.69, 9.17) is 4.74 Å². The molecular weight excluding hydrogens is 199 g/mol. The third-order valence-electron chi connectivity index (χ3n) is 1.91. The molecule has 0 aliphatic rings. The number of aldehydes is 1. The fourth-order valence-electron chi connectivity index (χ4n) is 1.25. The van der Waals surface area contributed by atoms with Crippen LogP contribution in [0.2, 0.25) is 0 Å². The highest BCUT2D eigenvalue weighted by atomic mass is 19.1. The fraction of sp³-hybridized carbons (Fsp3) is 0.273. The van der Waals surface area contributed by atoms with Crippen molar-refractivity contribution < 1.29 is 18.7 Å². The molecule has 0 unspecified atom stereocenters. The molecule has 0 radical (unpaired) electrons. The lowest BCUT2D eigenvalue weighted by atomic mass is 10.0. The van der Waals surface area contributed by atoms with Gasteiger partial charge in [0.25, 0.3) is 0 Å². The zero-order valence-electron chi connectivity index (χ0n) is 8.54. The number of hydrogen-bond acceptors (Lipinski definition) is 3. The van der Waals surface area contributed by atoms with Crippen LogP contribution in [0.5, 0.6) is 5.75 Å². The molecule has 1 aromatic carbocycles. The van der Waals surface area contributed by atoms with Crippen molar-refractivity contribution in [1.29, 1.82) is 0 Å². The maximum atomic E-state index is 13.3. The molecule has 0 spiro atoms. The summed E-state index contributed by atoms with van der Waals surface area (Å²) in [5.74, 6) is -0.843. The Morgan fingerprint density at radius 1 is 1.53 bits per heavy atom. The first-order chi connectivity index (χ1) is 7.10. The Balaban J connectivity index is 3.31. The van der Waals surface area contributed by atoms with Crippen LogP contribution >= 0.6 is 0 Å². The zero-order valence-corrected chi connectivity index (χ0v) is 8.54. The lowest BCUT2D eigenvalue weighted by Gasteiger charge is -2.07. The molecule has 0 aromatic heterocycles. The predicted octanol–water partition coefficient (Wildman–Crippen LogP) is 2.24. The monoisotopic (exact) mass is 210 g/mol. The molecule has 4 heteroatoms. The third kappa shape index (κ3) is 2.40. The van der Waals surface area contributed by atoms with Crippen molar-refractivity contribution in [3.63, 3.8) is 0 Å². The number of hydrogen-bond donors (Lipinski definition) is 0. The summed E-state index contributed by atoms with van der Waals surface area (Å²) >= 11 is 0. The molecule has 15 heavy (non-hydrogen) atoms. The maximum absolute atomic E-state index is 13.3. The van der Waals surface area contributed by atoms with Gasteiger partial charge in [-0.25, -0.2) is 4.39 Å². The van der Waals surface area contributed by atoms with Crippen molar-refractivity contribution in [1.82, 2.24) is 0 Å². The maximum Gasteiger partial charge on any atom is 0.160 e. The van der Waals surface area contributed by atoms with E-state index >= 15 is 0 Å². The van der Waals surface area contributed by atoms with E-state index in [1.165, 1.54) is 13.0 Å². The Hall–Kier alpha value is -1.71. The van der Waals surface area contributed by atoms with Crippen molar-refractivity contribution in [3.8, 4) is 5.75 Å². The number of Topliss-reactive ketones (excluding diaryl/α,β-unsaturated/α-hetero) is 1. The van der Waals surface area contributed by atoms with E-state index in [0.717, 1.165) is 6.07 Å². The van der Waals surface area contributed by atoms with E-state index in [1.54, 1.807) is 6.92 Å². The molecule has 0 saturated carbocycles. The minimum absolute atomic E-state index is 0.0495. The van der Waals surface area contributed by atoms with E-state index in [1.807, 2.05) is 0 Å². The van der Waals surface area contributed by atoms with Gasteiger partial charge in [0.1, 0.15) is 11.6 Å². The number of halogens is 1. The average molecular weight is 210 g/mol. The van der Waals surface area contributed by atoms with Gasteiger partial charge in [-0.2, -0.15) is 0 Å². The minimum atomic E-state index is -0.735. The number of ketones is 1. The molecule has 1 rings (SSSR count). The van der Waals surface area contributed by atoms with Crippen LogP contribution in [0.25, 0.3) is 0 Å². The van der Waals surface area contributed by atoms with Crippen LogP contribution in [0.4, 0.5) is 4.39 Å². The van der Waals surface area contributed by atoms with E-state index in [0.29, 0.717) is 12.9 Å². The Kier molecular flexibility index (Phi) is 3.55. The van der Waals surface area contributed by atoms with Crippen molar-refractivity contribution >= 4 is 12.1 Å². The summed E-state index contributed by atoms with van der Waals surface area (Å²) < 4.78 is 18.4. The van der Waals surface area contributed by atoms with Crippen LogP contribution in [0.15, 0.2) is 12.1 Å². The summed E-state index contributed by atoms with van der Waals surface area (Å²) in [5.41, 5.74) is -0.167. The van der Waals surface area contributed by atoms with Crippen LogP contribution < -0.4 is 4.74 Å². The average Bonchev–Trinajstić information content (AvgIpc) is 2.17. The number of carbonyl (C=O) groups excluding carboxylic acids is 2. The Bertz CT molecular complexity index is 399. The predicted molar refractivity (Wildman–Crippen MR) is 53.0 cm³/mol. The SMILES string of the molecule is CCOc1cc(F)c(C=O)c(C(C)=O)c1. The van der Waals surface area contributed by atoms with Gasteiger partial charge in [-0.1, -0.05) is 0 Å². The standard InChI is InChI=1S/C11H11FO3/c1-3-15-8-4-9(7(2)14)10(6-13)11(12)5-8/h4-6H,3H2,1-2H3. The van der Waals surface area contributed by atoms with E-state index < -0.39 is 5.82 Å². The molecule has 0 amide bonds. The first-order valence-corrected chi connectivity index (χ1v) is 4.52. The smallest absolute Gasteiger partial charge is 0.160 e. The summed E-state index contributed by atoms with van der Waals surface area (Å²) in [7, 11) is 0. The van der Waals surface area contributed by atoms with Crippen LogP contribution in [0.1, 0.15) is 34.6 Å². The molecule has 0 aliphatic heterocycles. The molecule has 0 atom stereocenters. The van der Waals surface area contributed by atoms with Gasteiger partial charge in [0.15, 0.2) is 12.1 Å². The largest absolute Gasteiger partial charge is 0.494 e. The van der Waals surface area contributed by atoms with Gasteiger partial charge >= 0.3 is 0 Å². The van der Waals surface area contributed by atoms with E-state index in [2.05, 4.69) is 0 Å². The summed E-state index contributed by atoms with van der Waals surface area (Å²) in [6.07, 6.45) is 0.335. The van der Waals surface area contributed by atoms with Crippen LogP contribution in [-0.4, -0.2) is 18.7 Å². The lowest BCUT2D eigenvalue weighted by molar-refractivity contribution is 0.100. The molecule has 3 nitrogen and oxygen atoms in total. The summed E-state index contributed by atoms with van der Waals surface area (Å²) in [5, 5.41) is 0. The van der Waals surface area contributed by atoms with Crippen LogP contribution in [0.3, 0.4) is 0 Å². The highest BCUT2D eigenvalue weighted by Gasteiger charge is 2.14. The zero-order chi connectivity index (χ0) is 11.4. The molecule has 0 bridgehead atoms. The molecular formula is C11H11FO3. The molecule has 0 fully saturated rings. The van der Waals surface area contributed by atoms with Crippen LogP contribution in [-0.2, 0) is 0 Å². The summed E-state index contributed by atoms with van der Waals surface area (Å²) in [6, 6.07) is 2.47. The molecule has 0 heterocycles. The van der Waals surface area contributed by atoms with Gasteiger partial charge in [0.2, 0.25) is 0 Å². The van der Waals surface area contributed by atoms with Gasteiger partial charge in [-0.15, -0.1) is 0 Å². The Morgan fingerprint density at radius 3 is 2.67 bits per heavy atom. The van der Waals surface area contributed by atoms with Crippen LogP contribution in [0, 0.1) is 5.82 Å². The Labute approximate surface area is 86.9 Å². The first kappa shape index (κ1) is 11.4. The number of carbonyl (C=O) groups is 2. The fourth-order valence-corrected chi connectivity index (χ4v) is 1.25. The van der Waals surface area contributed by atoms with Crippen molar-refractivity contribution in [2.75, 3.05) is 6.61 Å². The van der Waals surface area contributed by atoms with Crippen molar-refractivity contribution in [3.05, 3.63) is 29.1 Å². The minimum Gasteiger partial charge on any atom is -0.494 e. The number of rotatable bonds is 4. The topological polar surface area (TPSA) is 43.4 Å². The van der Waals surface area contributed by atoms with Gasteiger partial charge in [0, 0.05) is 11.6 Å². The van der Waals surface area contributed by atoms with Crippen molar-refractivity contribution in [2.45, 2.75) is 13.8 Å². The molecule has 80 valence electrons. The molecule has 0 saturated heterocycles. The second kappa shape index (κ2) is 4.68. The number of benzene rings is 1. The van der Waals surface area contributed by atoms with E-state index in [9.17, 15) is 14.0 Å². The van der Waals surface area contributed by atoms with Crippen molar-refractivity contribution in [2.24, 2.45) is 0 Å². The molecule has 0 aliphatic carbocycles. The first-order valence-electron chi connectivity index (χ1n) is 4.52. The van der Waals surface area contributed by atoms with Gasteiger partial charge in [-0.05, 0) is 19.9 Å². The second-order valence-electron chi connectivity index (χ2n) is 2.97. The number of ether oxygens (including phenoxy) is 1. The van der Waals surface area contributed by atoms with Gasteiger partial charge in [-0.3, -0.25) is 9.59 Å². The summed E-state index contributed by atoms with van der Waals surface area (Å²) in [6.45, 7) is 3.40. The Morgan fingerprint density at radius 2 is 2.20 bits per heavy atom. The normalized spacial score (nSPS) is 9.80. The van der Waals surface area contributed by atoms with Gasteiger partial charge in [0.05, 0.1) is 12.2 Å². The molecule has 1 aromatic rings.